The van der Waals surface area contributed by atoms with E-state index in [9.17, 15) is 9.59 Å². The molecule has 0 saturated heterocycles. The van der Waals surface area contributed by atoms with Gasteiger partial charge in [0.15, 0.2) is 5.58 Å². The molecule has 20 heavy (non-hydrogen) atoms. The summed E-state index contributed by atoms with van der Waals surface area (Å²) < 4.78 is 11.5. The van der Waals surface area contributed by atoms with Gasteiger partial charge in [0.05, 0.1) is 18.2 Å². The quantitative estimate of drug-likeness (QED) is 0.860. The summed E-state index contributed by atoms with van der Waals surface area (Å²) in [6.07, 6.45) is -0.250. The zero-order valence-corrected chi connectivity index (χ0v) is 11.6. The Kier molecular flexibility index (Phi) is 3.94. The third kappa shape index (κ3) is 2.60. The SMILES string of the molecule is CC(C)OC(=O)C(C)n1c(=O)oc2cc(CO)ccc21. The van der Waals surface area contributed by atoms with Gasteiger partial charge in [0.1, 0.15) is 6.04 Å². The van der Waals surface area contributed by atoms with Gasteiger partial charge in [-0.1, -0.05) is 6.07 Å². The molecule has 6 nitrogen and oxygen atoms in total. The van der Waals surface area contributed by atoms with Gasteiger partial charge in [0.25, 0.3) is 0 Å². The summed E-state index contributed by atoms with van der Waals surface area (Å²) in [6, 6.07) is 4.12. The number of hydrogen-bond acceptors (Lipinski definition) is 5. The molecule has 6 heteroatoms. The molecule has 0 aliphatic carbocycles. The molecule has 2 rings (SSSR count). The Morgan fingerprint density at radius 3 is 2.70 bits per heavy atom. The van der Waals surface area contributed by atoms with E-state index in [-0.39, 0.29) is 12.7 Å². The van der Waals surface area contributed by atoms with Crippen molar-refractivity contribution in [3.05, 3.63) is 34.3 Å². The van der Waals surface area contributed by atoms with Crippen LogP contribution in [0.25, 0.3) is 11.1 Å². The molecule has 0 radical (unpaired) electrons. The van der Waals surface area contributed by atoms with E-state index in [1.807, 2.05) is 0 Å². The second kappa shape index (κ2) is 5.50. The number of esters is 1. The molecule has 0 aliphatic heterocycles. The molecule has 0 saturated carbocycles. The maximum absolute atomic E-state index is 11.9. The summed E-state index contributed by atoms with van der Waals surface area (Å²) in [4.78, 5) is 23.8. The van der Waals surface area contributed by atoms with E-state index < -0.39 is 17.8 Å². The van der Waals surface area contributed by atoms with Crippen molar-refractivity contribution in [2.75, 3.05) is 0 Å². The first kappa shape index (κ1) is 14.3. The number of carbonyl (C=O) groups excluding carboxylic acids is 1. The predicted molar refractivity (Wildman–Crippen MR) is 72.3 cm³/mol. The third-order valence-electron chi connectivity index (χ3n) is 2.94. The highest BCUT2D eigenvalue weighted by molar-refractivity contribution is 5.79. The van der Waals surface area contributed by atoms with Crippen molar-refractivity contribution in [3.63, 3.8) is 0 Å². The van der Waals surface area contributed by atoms with Gasteiger partial charge in [-0.3, -0.25) is 4.57 Å². The number of ether oxygens (including phenoxy) is 1. The lowest BCUT2D eigenvalue weighted by molar-refractivity contribution is -0.150. The topological polar surface area (TPSA) is 81.7 Å². The van der Waals surface area contributed by atoms with Gasteiger partial charge in [-0.15, -0.1) is 0 Å². The van der Waals surface area contributed by atoms with E-state index in [4.69, 9.17) is 14.3 Å². The summed E-state index contributed by atoms with van der Waals surface area (Å²) in [6.45, 7) is 4.93. The monoisotopic (exact) mass is 279 g/mol. The molecular weight excluding hydrogens is 262 g/mol. The average Bonchev–Trinajstić information content (AvgIpc) is 2.71. The number of aromatic nitrogens is 1. The van der Waals surface area contributed by atoms with Gasteiger partial charge in [0, 0.05) is 0 Å². The number of fused-ring (bicyclic) bond motifs is 1. The van der Waals surface area contributed by atoms with Crippen molar-refractivity contribution < 1.29 is 19.1 Å². The number of oxazole rings is 1. The Balaban J connectivity index is 2.46. The van der Waals surface area contributed by atoms with Crippen LogP contribution in [0.1, 0.15) is 32.4 Å². The summed E-state index contributed by atoms with van der Waals surface area (Å²) >= 11 is 0. The van der Waals surface area contributed by atoms with E-state index in [1.165, 1.54) is 4.57 Å². The van der Waals surface area contributed by atoms with Crippen LogP contribution < -0.4 is 5.76 Å². The lowest BCUT2D eigenvalue weighted by atomic mass is 10.2. The van der Waals surface area contributed by atoms with Gasteiger partial charge in [-0.05, 0) is 38.5 Å². The van der Waals surface area contributed by atoms with Crippen LogP contribution in [0.5, 0.6) is 0 Å². The lowest BCUT2D eigenvalue weighted by Gasteiger charge is -2.14. The molecule has 1 aromatic heterocycles. The Hall–Kier alpha value is -2.08. The Morgan fingerprint density at radius 2 is 2.10 bits per heavy atom. The first-order valence-electron chi connectivity index (χ1n) is 6.39. The Morgan fingerprint density at radius 1 is 1.40 bits per heavy atom. The average molecular weight is 279 g/mol. The van der Waals surface area contributed by atoms with Crippen LogP contribution in [-0.4, -0.2) is 21.7 Å². The fourth-order valence-corrected chi connectivity index (χ4v) is 1.98. The van der Waals surface area contributed by atoms with Gasteiger partial charge < -0.3 is 14.3 Å². The molecule has 1 unspecified atom stereocenters. The van der Waals surface area contributed by atoms with E-state index in [2.05, 4.69) is 0 Å². The summed E-state index contributed by atoms with van der Waals surface area (Å²) in [5, 5.41) is 9.07. The van der Waals surface area contributed by atoms with Gasteiger partial charge in [-0.2, -0.15) is 0 Å². The molecular formula is C14H17NO5. The molecule has 1 aromatic carbocycles. The van der Waals surface area contributed by atoms with Gasteiger partial charge in [0.2, 0.25) is 0 Å². The largest absolute Gasteiger partial charge is 0.461 e. The van der Waals surface area contributed by atoms with Gasteiger partial charge >= 0.3 is 11.7 Å². The van der Waals surface area contributed by atoms with Crippen LogP contribution in [0.15, 0.2) is 27.4 Å². The zero-order chi connectivity index (χ0) is 14.9. The van der Waals surface area contributed by atoms with Gasteiger partial charge in [-0.25, -0.2) is 9.59 Å². The minimum Gasteiger partial charge on any atom is -0.461 e. The minimum absolute atomic E-state index is 0.143. The minimum atomic E-state index is -0.772. The van der Waals surface area contributed by atoms with E-state index in [0.717, 1.165) is 0 Å². The molecule has 0 aliphatic rings. The molecule has 1 heterocycles. The molecule has 0 bridgehead atoms. The molecule has 0 fully saturated rings. The van der Waals surface area contributed by atoms with Crippen LogP contribution in [0.4, 0.5) is 0 Å². The maximum atomic E-state index is 11.9. The molecule has 0 amide bonds. The fourth-order valence-electron chi connectivity index (χ4n) is 1.98. The normalized spacial score (nSPS) is 12.8. The number of aliphatic hydroxyl groups is 1. The first-order valence-corrected chi connectivity index (χ1v) is 6.39. The van der Waals surface area contributed by atoms with Crippen molar-refractivity contribution in [2.24, 2.45) is 0 Å². The number of aliphatic hydroxyl groups excluding tert-OH is 1. The van der Waals surface area contributed by atoms with Crippen molar-refractivity contribution in [1.29, 1.82) is 0 Å². The molecule has 0 spiro atoms. The van der Waals surface area contributed by atoms with Crippen molar-refractivity contribution in [2.45, 2.75) is 39.5 Å². The molecule has 108 valence electrons. The molecule has 1 N–H and O–H groups in total. The highest BCUT2D eigenvalue weighted by atomic mass is 16.5. The van der Waals surface area contributed by atoms with Crippen LogP contribution in [0.2, 0.25) is 0 Å². The van der Waals surface area contributed by atoms with Crippen LogP contribution >= 0.6 is 0 Å². The highest BCUT2D eigenvalue weighted by Gasteiger charge is 2.23. The Bertz CT molecular complexity index is 682. The zero-order valence-electron chi connectivity index (χ0n) is 11.6. The van der Waals surface area contributed by atoms with E-state index in [1.54, 1.807) is 39.0 Å². The number of hydrogen-bond donors (Lipinski definition) is 1. The lowest BCUT2D eigenvalue weighted by Crippen LogP contribution is -2.27. The smallest absolute Gasteiger partial charge is 0.420 e. The van der Waals surface area contributed by atoms with Crippen LogP contribution in [-0.2, 0) is 16.1 Å². The summed E-state index contributed by atoms with van der Waals surface area (Å²) in [5.74, 6) is -1.11. The first-order chi connectivity index (χ1) is 9.43. The van der Waals surface area contributed by atoms with Crippen molar-refractivity contribution in [3.8, 4) is 0 Å². The predicted octanol–water partition coefficient (Wildman–Crippen LogP) is 1.60. The number of nitrogens with zero attached hydrogens (tertiary/aromatic N) is 1. The van der Waals surface area contributed by atoms with Crippen molar-refractivity contribution in [1.82, 2.24) is 4.57 Å². The van der Waals surface area contributed by atoms with E-state index >= 15 is 0 Å². The summed E-state index contributed by atoms with van der Waals surface area (Å²) in [5.41, 5.74) is 1.47. The second-order valence-corrected chi connectivity index (χ2v) is 4.86. The van der Waals surface area contributed by atoms with Crippen LogP contribution in [0, 0.1) is 0 Å². The van der Waals surface area contributed by atoms with Crippen molar-refractivity contribution >= 4 is 17.1 Å². The highest BCUT2D eigenvalue weighted by Crippen LogP contribution is 2.19. The van der Waals surface area contributed by atoms with E-state index in [0.29, 0.717) is 16.7 Å². The number of carbonyl (C=O) groups is 1. The molecule has 1 atom stereocenters. The third-order valence-corrected chi connectivity index (χ3v) is 2.94. The fraction of sp³-hybridized carbons (Fsp3) is 0.429. The Labute approximate surface area is 115 Å². The standard InChI is InChI=1S/C14H17NO5/c1-8(2)19-13(17)9(3)15-11-5-4-10(7-16)6-12(11)20-14(15)18/h4-6,8-9,16H,7H2,1-3H3. The second-order valence-electron chi connectivity index (χ2n) is 4.86. The number of rotatable bonds is 4. The van der Waals surface area contributed by atoms with Crippen LogP contribution in [0.3, 0.4) is 0 Å². The maximum Gasteiger partial charge on any atom is 0.420 e. The molecule has 2 aromatic rings. The summed E-state index contributed by atoms with van der Waals surface area (Å²) in [7, 11) is 0. The number of benzene rings is 1.